The van der Waals surface area contributed by atoms with Crippen LogP contribution < -0.4 is 10.6 Å². The maximum Gasteiger partial charge on any atom is 0.407 e. The topological polar surface area (TPSA) is 113 Å². The number of hydrogen-bond acceptors (Lipinski definition) is 6. The molecule has 0 heterocycles. The lowest BCUT2D eigenvalue weighted by atomic mass is 10.0. The van der Waals surface area contributed by atoms with Crippen LogP contribution in [0.3, 0.4) is 0 Å². The van der Waals surface area contributed by atoms with Crippen LogP contribution >= 0.6 is 0 Å². The van der Waals surface area contributed by atoms with E-state index < -0.39 is 63.3 Å². The standard InChI is InChI=1S/C25H27F4N3O5S/c1-3-20(21(33)23(34)31-18-13-14-18)32(38(36,37)19-7-5-4-6-8-19)24(35)15(2)30-22(25(27,28)29)16-9-11-17(26)12-10-16/h4-12,15,18,20,22,30H,3,13-14H2,1-2H3,(H,31,34). The second-order valence-electron chi connectivity index (χ2n) is 8.90. The van der Waals surface area contributed by atoms with Gasteiger partial charge in [0.05, 0.1) is 10.9 Å². The molecule has 3 rings (SSSR count). The van der Waals surface area contributed by atoms with E-state index >= 15 is 0 Å². The number of amides is 2. The number of nitrogens with one attached hydrogen (secondary N) is 2. The number of nitrogens with zero attached hydrogens (tertiary/aromatic N) is 1. The Morgan fingerprint density at radius 3 is 2.11 bits per heavy atom. The molecule has 1 aliphatic rings. The van der Waals surface area contributed by atoms with Gasteiger partial charge in [-0.3, -0.25) is 19.7 Å². The zero-order valence-electron chi connectivity index (χ0n) is 20.5. The normalized spacial score (nSPS) is 16.3. The van der Waals surface area contributed by atoms with Crippen LogP contribution in [0, 0.1) is 5.82 Å². The zero-order valence-corrected chi connectivity index (χ0v) is 21.4. The Bertz CT molecular complexity index is 1270. The highest BCUT2D eigenvalue weighted by Crippen LogP contribution is 2.33. The quantitative estimate of drug-likeness (QED) is 0.324. The maximum absolute atomic E-state index is 13.9. The zero-order chi connectivity index (χ0) is 28.3. The SMILES string of the molecule is CCC(C(=O)C(=O)NC1CC1)N(C(=O)C(C)NC(c1ccc(F)cc1)C(F)(F)F)S(=O)(=O)c1ccccc1. The minimum Gasteiger partial charge on any atom is -0.347 e. The molecule has 2 aromatic carbocycles. The van der Waals surface area contributed by atoms with Gasteiger partial charge < -0.3 is 5.32 Å². The van der Waals surface area contributed by atoms with Gasteiger partial charge in [-0.05, 0) is 56.0 Å². The number of carbonyl (C=O) groups is 3. The molecule has 0 aliphatic heterocycles. The summed E-state index contributed by atoms with van der Waals surface area (Å²) in [6.07, 6.45) is -3.96. The van der Waals surface area contributed by atoms with Crippen molar-refractivity contribution in [1.82, 2.24) is 14.9 Å². The number of halogens is 4. The Hall–Kier alpha value is -3.32. The number of sulfonamides is 1. The Kier molecular flexibility index (Phi) is 8.93. The molecule has 0 aromatic heterocycles. The highest BCUT2D eigenvalue weighted by molar-refractivity contribution is 7.89. The van der Waals surface area contributed by atoms with Crippen LogP contribution in [0.1, 0.15) is 44.7 Å². The van der Waals surface area contributed by atoms with Gasteiger partial charge in [0.25, 0.3) is 21.8 Å². The molecular weight excluding hydrogens is 530 g/mol. The molecule has 0 spiro atoms. The van der Waals surface area contributed by atoms with Crippen LogP contribution in [0.4, 0.5) is 17.6 Å². The molecule has 1 saturated carbocycles. The summed E-state index contributed by atoms with van der Waals surface area (Å²) < 4.78 is 82.3. The monoisotopic (exact) mass is 557 g/mol. The highest BCUT2D eigenvalue weighted by atomic mass is 32.2. The Labute approximate surface area is 217 Å². The molecule has 1 fully saturated rings. The first-order chi connectivity index (χ1) is 17.8. The van der Waals surface area contributed by atoms with Crippen molar-refractivity contribution in [1.29, 1.82) is 0 Å². The van der Waals surface area contributed by atoms with Gasteiger partial charge in [-0.2, -0.15) is 13.2 Å². The summed E-state index contributed by atoms with van der Waals surface area (Å²) in [5.74, 6) is -4.43. The van der Waals surface area contributed by atoms with Gasteiger partial charge in [-0.15, -0.1) is 0 Å². The van der Waals surface area contributed by atoms with Crippen LogP contribution in [-0.4, -0.2) is 54.6 Å². The fraction of sp³-hybridized carbons (Fsp3) is 0.400. The molecule has 8 nitrogen and oxygen atoms in total. The van der Waals surface area contributed by atoms with Gasteiger partial charge >= 0.3 is 6.18 Å². The van der Waals surface area contributed by atoms with Gasteiger partial charge in [-0.1, -0.05) is 37.3 Å². The summed E-state index contributed by atoms with van der Waals surface area (Å²) in [6, 6.07) is 3.69. The predicted octanol–water partition coefficient (Wildman–Crippen LogP) is 3.25. The summed E-state index contributed by atoms with van der Waals surface area (Å²) in [5.41, 5.74) is -0.414. The van der Waals surface area contributed by atoms with Crippen molar-refractivity contribution >= 4 is 27.6 Å². The van der Waals surface area contributed by atoms with Gasteiger partial charge in [0.15, 0.2) is 0 Å². The molecule has 2 N–H and O–H groups in total. The number of hydrogen-bond donors (Lipinski definition) is 2. The summed E-state index contributed by atoms with van der Waals surface area (Å²) in [7, 11) is -4.78. The average molecular weight is 558 g/mol. The largest absolute Gasteiger partial charge is 0.407 e. The lowest BCUT2D eigenvalue weighted by molar-refractivity contribution is -0.161. The van der Waals surface area contributed by atoms with Crippen molar-refractivity contribution in [2.75, 3.05) is 0 Å². The molecule has 2 aromatic rings. The van der Waals surface area contributed by atoms with E-state index in [0.29, 0.717) is 12.8 Å². The van der Waals surface area contributed by atoms with E-state index in [1.807, 2.05) is 0 Å². The van der Waals surface area contributed by atoms with Crippen LogP contribution in [0.15, 0.2) is 59.5 Å². The van der Waals surface area contributed by atoms with Crippen LogP contribution in [0.5, 0.6) is 0 Å². The van der Waals surface area contributed by atoms with E-state index in [4.69, 9.17) is 0 Å². The number of rotatable bonds is 11. The van der Waals surface area contributed by atoms with Crippen molar-refractivity contribution in [3.63, 3.8) is 0 Å². The van der Waals surface area contributed by atoms with Crippen molar-refractivity contribution in [3.8, 4) is 0 Å². The van der Waals surface area contributed by atoms with Crippen LogP contribution in [0.25, 0.3) is 0 Å². The fourth-order valence-electron chi connectivity index (χ4n) is 3.79. The minimum atomic E-state index is -4.94. The molecule has 2 amide bonds. The summed E-state index contributed by atoms with van der Waals surface area (Å²) in [4.78, 5) is 38.7. The third kappa shape index (κ3) is 6.76. The third-order valence-corrected chi connectivity index (χ3v) is 7.76. The number of Topliss-reactive ketones (excluding diaryl/α,β-unsaturated/α-hetero) is 1. The molecule has 0 saturated heterocycles. The van der Waals surface area contributed by atoms with E-state index in [-0.39, 0.29) is 21.7 Å². The first-order valence-electron chi connectivity index (χ1n) is 11.8. The lowest BCUT2D eigenvalue weighted by Crippen LogP contribution is -2.57. The molecule has 3 atom stereocenters. The molecule has 3 unspecified atom stereocenters. The van der Waals surface area contributed by atoms with Crippen molar-refractivity contribution in [2.45, 2.75) is 68.3 Å². The van der Waals surface area contributed by atoms with Crippen molar-refractivity contribution in [3.05, 3.63) is 66.0 Å². The Morgan fingerprint density at radius 1 is 1.03 bits per heavy atom. The molecule has 38 heavy (non-hydrogen) atoms. The highest BCUT2D eigenvalue weighted by Gasteiger charge is 2.46. The first kappa shape index (κ1) is 29.2. The first-order valence-corrected chi connectivity index (χ1v) is 13.3. The number of ketones is 1. The summed E-state index contributed by atoms with van der Waals surface area (Å²) >= 11 is 0. The minimum absolute atomic E-state index is 0.187. The fourth-order valence-corrected chi connectivity index (χ4v) is 5.49. The van der Waals surface area contributed by atoms with E-state index in [1.165, 1.54) is 25.1 Å². The van der Waals surface area contributed by atoms with E-state index in [0.717, 1.165) is 43.3 Å². The van der Waals surface area contributed by atoms with Crippen LogP contribution in [0.2, 0.25) is 0 Å². The van der Waals surface area contributed by atoms with Gasteiger partial charge in [0.2, 0.25) is 5.78 Å². The number of carbonyl (C=O) groups excluding carboxylic acids is 3. The molecule has 0 radical (unpaired) electrons. The molecule has 1 aliphatic carbocycles. The van der Waals surface area contributed by atoms with Crippen molar-refractivity contribution < 1.29 is 40.4 Å². The van der Waals surface area contributed by atoms with Gasteiger partial charge in [-0.25, -0.2) is 17.1 Å². The summed E-state index contributed by atoms with van der Waals surface area (Å²) in [6.45, 7) is 2.39. The molecule has 13 heteroatoms. The Balaban J connectivity index is 2.00. The number of alkyl halides is 3. The second-order valence-corrected chi connectivity index (χ2v) is 10.7. The van der Waals surface area contributed by atoms with Crippen molar-refractivity contribution in [2.24, 2.45) is 0 Å². The average Bonchev–Trinajstić information content (AvgIpc) is 3.69. The maximum atomic E-state index is 13.9. The van der Waals surface area contributed by atoms with E-state index in [1.54, 1.807) is 0 Å². The van der Waals surface area contributed by atoms with E-state index in [2.05, 4.69) is 10.6 Å². The Morgan fingerprint density at radius 2 is 1.61 bits per heavy atom. The molecule has 206 valence electrons. The number of benzene rings is 2. The predicted molar refractivity (Wildman–Crippen MR) is 129 cm³/mol. The van der Waals surface area contributed by atoms with Crippen LogP contribution in [-0.2, 0) is 24.4 Å². The van der Waals surface area contributed by atoms with E-state index in [9.17, 15) is 40.4 Å². The third-order valence-electron chi connectivity index (χ3n) is 5.94. The molecule has 0 bridgehead atoms. The van der Waals surface area contributed by atoms with Gasteiger partial charge in [0.1, 0.15) is 17.9 Å². The van der Waals surface area contributed by atoms with Gasteiger partial charge in [0, 0.05) is 6.04 Å². The molecular formula is C25H27F4N3O5S. The second kappa shape index (κ2) is 11.6. The lowest BCUT2D eigenvalue weighted by Gasteiger charge is -2.33. The summed E-state index contributed by atoms with van der Waals surface area (Å²) in [5, 5.41) is 4.52. The smallest absolute Gasteiger partial charge is 0.347 e.